The number of nitro groups is 1. The number of nitrogen functional groups attached to an aromatic ring is 1. The molecule has 9 heteroatoms. The van der Waals surface area contributed by atoms with Gasteiger partial charge in [-0.05, 0) is 15.9 Å². The molecule has 2 aromatic heterocycles. The molecule has 8 nitrogen and oxygen atoms in total. The molecule has 0 saturated heterocycles. The number of pyridine rings is 1. The lowest BCUT2D eigenvalue weighted by molar-refractivity contribution is -0.385. The Kier molecular flexibility index (Phi) is 3.42. The number of anilines is 2. The van der Waals surface area contributed by atoms with Crippen LogP contribution in [0, 0.1) is 10.1 Å². The minimum Gasteiger partial charge on any atom is -0.384 e. The summed E-state index contributed by atoms with van der Waals surface area (Å²) in [5.41, 5.74) is 6.35. The van der Waals surface area contributed by atoms with Crippen molar-refractivity contribution in [1.29, 1.82) is 0 Å². The molecule has 4 N–H and O–H groups in total. The van der Waals surface area contributed by atoms with Crippen LogP contribution in [0.5, 0.6) is 0 Å². The molecule has 0 atom stereocenters. The first-order valence-electron chi connectivity index (χ1n) is 4.89. The van der Waals surface area contributed by atoms with Crippen LogP contribution in [0.4, 0.5) is 17.3 Å². The van der Waals surface area contributed by atoms with E-state index >= 15 is 0 Å². The summed E-state index contributed by atoms with van der Waals surface area (Å²) >= 11 is 3.21. The van der Waals surface area contributed by atoms with Gasteiger partial charge in [0.1, 0.15) is 17.8 Å². The first-order chi connectivity index (χ1) is 8.58. The molecule has 2 aromatic rings. The van der Waals surface area contributed by atoms with Crippen molar-refractivity contribution in [2.75, 3.05) is 11.1 Å². The predicted molar refractivity (Wildman–Crippen MR) is 68.9 cm³/mol. The molecule has 0 aliphatic rings. The number of nitrogens with one attached hydrogen (secondary N) is 2. The first-order valence-corrected chi connectivity index (χ1v) is 5.68. The lowest BCUT2D eigenvalue weighted by Crippen LogP contribution is -2.04. The van der Waals surface area contributed by atoms with Crippen molar-refractivity contribution in [3.8, 4) is 0 Å². The highest BCUT2D eigenvalue weighted by Gasteiger charge is 2.10. The summed E-state index contributed by atoms with van der Waals surface area (Å²) in [5, 5.41) is 19.9. The average Bonchev–Trinajstić information content (AvgIpc) is 2.73. The minimum atomic E-state index is -0.504. The van der Waals surface area contributed by atoms with Gasteiger partial charge in [-0.3, -0.25) is 15.2 Å². The number of nitrogens with zero attached hydrogens (tertiary/aromatic N) is 3. The number of hydrogen-bond acceptors (Lipinski definition) is 6. The molecule has 0 radical (unpaired) electrons. The zero-order valence-corrected chi connectivity index (χ0v) is 10.6. The monoisotopic (exact) mass is 312 g/mol. The quantitative estimate of drug-likeness (QED) is 0.583. The second-order valence-electron chi connectivity index (χ2n) is 3.44. The van der Waals surface area contributed by atoms with E-state index in [1.54, 1.807) is 6.20 Å². The molecule has 0 fully saturated rings. The Labute approximate surface area is 110 Å². The highest BCUT2D eigenvalue weighted by molar-refractivity contribution is 9.10. The summed E-state index contributed by atoms with van der Waals surface area (Å²) in [5.74, 6) is 0.974. The Morgan fingerprint density at radius 3 is 2.89 bits per heavy atom. The largest absolute Gasteiger partial charge is 0.384 e. The van der Waals surface area contributed by atoms with Gasteiger partial charge in [0.25, 0.3) is 5.69 Å². The predicted octanol–water partition coefficient (Wildman–Crippen LogP) is 1.67. The topological polar surface area (TPSA) is 123 Å². The third kappa shape index (κ3) is 2.56. The SMILES string of the molecule is Nc1[nH]ncc1CNc1ncc([N+](=O)[O-])cc1Br. The highest BCUT2D eigenvalue weighted by Crippen LogP contribution is 2.25. The number of rotatable bonds is 4. The van der Waals surface area contributed by atoms with Gasteiger partial charge >= 0.3 is 0 Å². The van der Waals surface area contributed by atoms with Gasteiger partial charge in [-0.1, -0.05) is 0 Å². The number of H-pyrrole nitrogens is 1. The van der Waals surface area contributed by atoms with E-state index in [4.69, 9.17) is 5.73 Å². The zero-order chi connectivity index (χ0) is 13.1. The molecule has 18 heavy (non-hydrogen) atoms. The molecular formula is C9H9BrN6O2. The average molecular weight is 313 g/mol. The Morgan fingerprint density at radius 1 is 1.56 bits per heavy atom. The molecular weight excluding hydrogens is 304 g/mol. The van der Waals surface area contributed by atoms with Crippen LogP contribution in [-0.4, -0.2) is 20.1 Å². The second kappa shape index (κ2) is 5.00. The van der Waals surface area contributed by atoms with E-state index in [-0.39, 0.29) is 5.69 Å². The van der Waals surface area contributed by atoms with Crippen molar-refractivity contribution < 1.29 is 4.92 Å². The van der Waals surface area contributed by atoms with Crippen LogP contribution >= 0.6 is 15.9 Å². The van der Waals surface area contributed by atoms with Crippen molar-refractivity contribution in [3.05, 3.63) is 38.6 Å². The number of halogens is 1. The molecule has 0 aromatic carbocycles. The molecule has 2 heterocycles. The van der Waals surface area contributed by atoms with Crippen LogP contribution in [0.3, 0.4) is 0 Å². The van der Waals surface area contributed by atoms with Crippen molar-refractivity contribution in [2.45, 2.75) is 6.54 Å². The van der Waals surface area contributed by atoms with Crippen LogP contribution in [0.1, 0.15) is 5.56 Å². The van der Waals surface area contributed by atoms with Gasteiger partial charge in [-0.15, -0.1) is 0 Å². The Hall–Kier alpha value is -2.16. The maximum Gasteiger partial charge on any atom is 0.288 e. The molecule has 94 valence electrons. The minimum absolute atomic E-state index is 0.0738. The fourth-order valence-corrected chi connectivity index (χ4v) is 1.78. The van der Waals surface area contributed by atoms with Gasteiger partial charge in [0.2, 0.25) is 0 Å². The van der Waals surface area contributed by atoms with Crippen molar-refractivity contribution in [1.82, 2.24) is 15.2 Å². The van der Waals surface area contributed by atoms with Crippen LogP contribution < -0.4 is 11.1 Å². The van der Waals surface area contributed by atoms with Crippen molar-refractivity contribution in [2.24, 2.45) is 0 Å². The molecule has 2 rings (SSSR count). The van der Waals surface area contributed by atoms with Crippen LogP contribution in [-0.2, 0) is 6.54 Å². The molecule has 0 bridgehead atoms. The Balaban J connectivity index is 2.11. The van der Waals surface area contributed by atoms with Crippen molar-refractivity contribution in [3.63, 3.8) is 0 Å². The molecule has 0 amide bonds. The maximum absolute atomic E-state index is 10.5. The number of hydrogen-bond donors (Lipinski definition) is 3. The summed E-state index contributed by atoms with van der Waals surface area (Å²) < 4.78 is 0.513. The van der Waals surface area contributed by atoms with E-state index in [9.17, 15) is 10.1 Å². The maximum atomic E-state index is 10.5. The fourth-order valence-electron chi connectivity index (χ4n) is 1.30. The molecule has 0 saturated carbocycles. The van der Waals surface area contributed by atoms with E-state index < -0.39 is 4.92 Å². The molecule has 0 aliphatic heterocycles. The lowest BCUT2D eigenvalue weighted by Gasteiger charge is -2.06. The van der Waals surface area contributed by atoms with Crippen LogP contribution in [0.25, 0.3) is 0 Å². The summed E-state index contributed by atoms with van der Waals surface area (Å²) in [6.07, 6.45) is 2.79. The Bertz CT molecular complexity index is 584. The van der Waals surface area contributed by atoms with Crippen LogP contribution in [0.15, 0.2) is 22.9 Å². The third-order valence-electron chi connectivity index (χ3n) is 2.24. The summed E-state index contributed by atoms with van der Waals surface area (Å²) in [6, 6.07) is 1.38. The smallest absolute Gasteiger partial charge is 0.288 e. The standard InChI is InChI=1S/C9H9BrN6O2/c10-7-1-6(16(17)18)4-13-9(7)12-2-5-3-14-15-8(5)11/h1,3-4H,2H2,(H,12,13)(H3,11,14,15). The van der Waals surface area contributed by atoms with E-state index in [2.05, 4.69) is 36.4 Å². The van der Waals surface area contributed by atoms with Crippen molar-refractivity contribution >= 4 is 33.3 Å². The lowest BCUT2D eigenvalue weighted by atomic mass is 10.3. The number of aromatic amines is 1. The number of nitrogens with two attached hydrogens (primary N) is 1. The third-order valence-corrected chi connectivity index (χ3v) is 2.84. The van der Waals surface area contributed by atoms with E-state index in [1.165, 1.54) is 12.3 Å². The van der Waals surface area contributed by atoms with Gasteiger partial charge in [0, 0.05) is 18.2 Å². The summed E-state index contributed by atoms with van der Waals surface area (Å²) in [6.45, 7) is 0.422. The molecule has 0 unspecified atom stereocenters. The first kappa shape index (κ1) is 12.3. The number of aromatic nitrogens is 3. The van der Waals surface area contributed by atoms with Gasteiger partial charge in [-0.2, -0.15) is 5.10 Å². The van der Waals surface area contributed by atoms with Gasteiger partial charge in [0.05, 0.1) is 15.6 Å². The normalized spacial score (nSPS) is 10.3. The van der Waals surface area contributed by atoms with Gasteiger partial charge < -0.3 is 11.1 Å². The fraction of sp³-hybridized carbons (Fsp3) is 0.111. The summed E-state index contributed by atoms with van der Waals surface area (Å²) in [4.78, 5) is 14.0. The zero-order valence-electron chi connectivity index (χ0n) is 9.05. The van der Waals surface area contributed by atoms with Gasteiger partial charge in [-0.25, -0.2) is 4.98 Å². The second-order valence-corrected chi connectivity index (χ2v) is 4.30. The Morgan fingerprint density at radius 2 is 2.33 bits per heavy atom. The highest BCUT2D eigenvalue weighted by atomic mass is 79.9. The molecule has 0 spiro atoms. The van der Waals surface area contributed by atoms with Crippen LogP contribution in [0.2, 0.25) is 0 Å². The summed E-state index contributed by atoms with van der Waals surface area (Å²) in [7, 11) is 0. The van der Waals surface area contributed by atoms with Gasteiger partial charge in [0.15, 0.2) is 0 Å². The molecule has 0 aliphatic carbocycles. The van der Waals surface area contributed by atoms with E-state index in [1.807, 2.05) is 0 Å². The van der Waals surface area contributed by atoms with E-state index in [0.29, 0.717) is 22.7 Å². The van der Waals surface area contributed by atoms with E-state index in [0.717, 1.165) is 5.56 Å².